The third kappa shape index (κ3) is 4.95. The molecule has 140 valence electrons. The molecule has 6 nitrogen and oxygen atoms in total. The van der Waals surface area contributed by atoms with Crippen molar-refractivity contribution in [3.05, 3.63) is 42.0 Å². The molecule has 26 heavy (non-hydrogen) atoms. The predicted molar refractivity (Wildman–Crippen MR) is 96.9 cm³/mol. The molecule has 1 atom stereocenters. The van der Waals surface area contributed by atoms with E-state index in [-0.39, 0.29) is 19.0 Å². The van der Waals surface area contributed by atoms with Gasteiger partial charge in [-0.15, -0.1) is 0 Å². The molecule has 0 heterocycles. The summed E-state index contributed by atoms with van der Waals surface area (Å²) in [6.07, 6.45) is -0.468. The molecular formula is C20H24O6. The second-order valence-electron chi connectivity index (χ2n) is 6.83. The molecule has 0 aliphatic carbocycles. The first-order chi connectivity index (χ1) is 12.2. The van der Waals surface area contributed by atoms with Crippen LogP contribution in [-0.2, 0) is 14.3 Å². The SMILES string of the molecule is CCC(C)(C)C(=O)OCC(O)COC(=O)c1ccc2cc(O)ccc2c1. The molecule has 6 heteroatoms. The summed E-state index contributed by atoms with van der Waals surface area (Å²) < 4.78 is 10.1. The molecule has 0 saturated carbocycles. The number of fused-ring (bicyclic) bond motifs is 1. The summed E-state index contributed by atoms with van der Waals surface area (Å²) in [5, 5.41) is 20.9. The van der Waals surface area contributed by atoms with Gasteiger partial charge in [0.15, 0.2) is 0 Å². The summed E-state index contributed by atoms with van der Waals surface area (Å²) in [6, 6.07) is 9.77. The summed E-state index contributed by atoms with van der Waals surface area (Å²) in [4.78, 5) is 24.0. The lowest BCUT2D eigenvalue weighted by Gasteiger charge is -2.21. The molecule has 0 aliphatic rings. The van der Waals surface area contributed by atoms with Crippen LogP contribution >= 0.6 is 0 Å². The number of rotatable bonds is 7. The number of aliphatic hydroxyl groups excluding tert-OH is 1. The maximum atomic E-state index is 12.1. The molecule has 2 N–H and O–H groups in total. The lowest BCUT2D eigenvalue weighted by Crippen LogP contribution is -2.31. The van der Waals surface area contributed by atoms with E-state index in [4.69, 9.17) is 9.47 Å². The Hall–Kier alpha value is -2.60. The minimum Gasteiger partial charge on any atom is -0.508 e. The van der Waals surface area contributed by atoms with Crippen LogP contribution in [0.2, 0.25) is 0 Å². The van der Waals surface area contributed by atoms with Crippen molar-refractivity contribution >= 4 is 22.7 Å². The lowest BCUT2D eigenvalue weighted by molar-refractivity contribution is -0.157. The first-order valence-corrected chi connectivity index (χ1v) is 8.48. The molecule has 0 radical (unpaired) electrons. The van der Waals surface area contributed by atoms with E-state index in [9.17, 15) is 19.8 Å². The molecule has 0 spiro atoms. The van der Waals surface area contributed by atoms with Crippen LogP contribution in [0.15, 0.2) is 36.4 Å². The molecule has 0 fully saturated rings. The molecule has 0 saturated heterocycles. The van der Waals surface area contributed by atoms with Gasteiger partial charge < -0.3 is 19.7 Å². The summed E-state index contributed by atoms with van der Waals surface area (Å²) in [7, 11) is 0. The minimum atomic E-state index is -1.09. The summed E-state index contributed by atoms with van der Waals surface area (Å²) in [5.74, 6) is -0.834. The van der Waals surface area contributed by atoms with E-state index in [0.29, 0.717) is 12.0 Å². The van der Waals surface area contributed by atoms with Crippen LogP contribution in [0.3, 0.4) is 0 Å². The van der Waals surface area contributed by atoms with Crippen molar-refractivity contribution in [1.82, 2.24) is 0 Å². The quantitative estimate of drug-likeness (QED) is 0.737. The molecule has 0 amide bonds. The van der Waals surface area contributed by atoms with Crippen LogP contribution in [0.4, 0.5) is 0 Å². The number of esters is 2. The van der Waals surface area contributed by atoms with Gasteiger partial charge in [0.1, 0.15) is 25.1 Å². The van der Waals surface area contributed by atoms with E-state index in [1.807, 2.05) is 6.92 Å². The molecule has 2 aromatic rings. The van der Waals surface area contributed by atoms with E-state index in [1.165, 1.54) is 6.07 Å². The topological polar surface area (TPSA) is 93.1 Å². The van der Waals surface area contributed by atoms with Crippen molar-refractivity contribution in [1.29, 1.82) is 0 Å². The van der Waals surface area contributed by atoms with Gasteiger partial charge in [-0.05, 0) is 55.3 Å². The number of aromatic hydroxyl groups is 1. The van der Waals surface area contributed by atoms with Crippen LogP contribution < -0.4 is 0 Å². The average Bonchev–Trinajstić information content (AvgIpc) is 2.63. The molecular weight excluding hydrogens is 336 g/mol. The highest BCUT2D eigenvalue weighted by Gasteiger charge is 2.27. The Bertz CT molecular complexity index is 796. The zero-order chi connectivity index (χ0) is 19.3. The Labute approximate surface area is 152 Å². The van der Waals surface area contributed by atoms with E-state index >= 15 is 0 Å². The molecule has 0 aromatic heterocycles. The van der Waals surface area contributed by atoms with Crippen molar-refractivity contribution in [2.24, 2.45) is 5.41 Å². The fourth-order valence-electron chi connectivity index (χ4n) is 2.18. The van der Waals surface area contributed by atoms with Gasteiger partial charge in [0, 0.05) is 0 Å². The Balaban J connectivity index is 1.88. The maximum absolute atomic E-state index is 12.1. The third-order valence-electron chi connectivity index (χ3n) is 4.31. The van der Waals surface area contributed by atoms with Crippen molar-refractivity contribution < 1.29 is 29.3 Å². The second-order valence-corrected chi connectivity index (χ2v) is 6.83. The standard InChI is InChI=1S/C20H24O6/c1-4-20(2,3)19(24)26-12-17(22)11-25-18(23)15-6-5-14-10-16(21)8-7-13(14)9-15/h5-10,17,21-22H,4,11-12H2,1-3H3. The fourth-order valence-corrected chi connectivity index (χ4v) is 2.18. The Morgan fingerprint density at radius 3 is 2.35 bits per heavy atom. The van der Waals surface area contributed by atoms with Gasteiger partial charge >= 0.3 is 11.9 Å². The number of hydrogen-bond acceptors (Lipinski definition) is 6. The molecule has 2 aromatic carbocycles. The average molecular weight is 360 g/mol. The van der Waals surface area contributed by atoms with Crippen LogP contribution in [0.25, 0.3) is 10.8 Å². The Morgan fingerprint density at radius 2 is 1.65 bits per heavy atom. The predicted octanol–water partition coefficient (Wildman–Crippen LogP) is 3.04. The number of ether oxygens (including phenoxy) is 2. The zero-order valence-electron chi connectivity index (χ0n) is 15.2. The van der Waals surface area contributed by atoms with Gasteiger partial charge in [-0.2, -0.15) is 0 Å². The van der Waals surface area contributed by atoms with E-state index in [1.54, 1.807) is 44.2 Å². The van der Waals surface area contributed by atoms with Gasteiger partial charge in [-0.25, -0.2) is 4.79 Å². The van der Waals surface area contributed by atoms with Crippen molar-refractivity contribution in [2.75, 3.05) is 13.2 Å². The number of carbonyl (C=O) groups is 2. The molecule has 1 unspecified atom stereocenters. The van der Waals surface area contributed by atoms with Crippen molar-refractivity contribution in [2.45, 2.75) is 33.3 Å². The first kappa shape index (κ1) is 19.7. The Morgan fingerprint density at radius 1 is 1.04 bits per heavy atom. The van der Waals surface area contributed by atoms with Gasteiger partial charge in [0.2, 0.25) is 0 Å². The number of benzene rings is 2. The van der Waals surface area contributed by atoms with E-state index in [2.05, 4.69) is 0 Å². The Kier molecular flexibility index (Phi) is 6.21. The van der Waals surface area contributed by atoms with Crippen LogP contribution in [0.1, 0.15) is 37.6 Å². The highest BCUT2D eigenvalue weighted by molar-refractivity contribution is 5.95. The third-order valence-corrected chi connectivity index (χ3v) is 4.31. The summed E-state index contributed by atoms with van der Waals surface area (Å²) in [5.41, 5.74) is -0.282. The lowest BCUT2D eigenvalue weighted by atomic mass is 9.91. The fraction of sp³-hybridized carbons (Fsp3) is 0.400. The van der Waals surface area contributed by atoms with E-state index in [0.717, 1.165) is 10.8 Å². The van der Waals surface area contributed by atoms with Gasteiger partial charge in [-0.3, -0.25) is 4.79 Å². The minimum absolute atomic E-state index is 0.150. The van der Waals surface area contributed by atoms with Crippen molar-refractivity contribution in [3.63, 3.8) is 0 Å². The maximum Gasteiger partial charge on any atom is 0.338 e. The first-order valence-electron chi connectivity index (χ1n) is 8.48. The van der Waals surface area contributed by atoms with Gasteiger partial charge in [0.05, 0.1) is 11.0 Å². The zero-order valence-corrected chi connectivity index (χ0v) is 15.2. The van der Waals surface area contributed by atoms with Crippen molar-refractivity contribution in [3.8, 4) is 5.75 Å². The smallest absolute Gasteiger partial charge is 0.338 e. The molecule has 0 aliphatic heterocycles. The molecule has 0 bridgehead atoms. The van der Waals surface area contributed by atoms with E-state index < -0.39 is 23.5 Å². The largest absolute Gasteiger partial charge is 0.508 e. The number of phenols is 1. The summed E-state index contributed by atoms with van der Waals surface area (Å²) >= 11 is 0. The number of carbonyl (C=O) groups excluding carboxylic acids is 2. The number of aliphatic hydroxyl groups is 1. The summed E-state index contributed by atoms with van der Waals surface area (Å²) in [6.45, 7) is 4.91. The normalized spacial score (nSPS) is 12.6. The number of phenolic OH excluding ortho intramolecular Hbond substituents is 1. The second kappa shape index (κ2) is 8.19. The highest BCUT2D eigenvalue weighted by atomic mass is 16.6. The molecule has 2 rings (SSSR count). The van der Waals surface area contributed by atoms with Gasteiger partial charge in [0.25, 0.3) is 0 Å². The van der Waals surface area contributed by atoms with Crippen LogP contribution in [0.5, 0.6) is 5.75 Å². The monoisotopic (exact) mass is 360 g/mol. The van der Waals surface area contributed by atoms with Crippen LogP contribution in [0, 0.1) is 5.41 Å². The number of hydrogen-bond donors (Lipinski definition) is 2. The highest BCUT2D eigenvalue weighted by Crippen LogP contribution is 2.22. The van der Waals surface area contributed by atoms with Crippen LogP contribution in [-0.4, -0.2) is 41.5 Å². The van der Waals surface area contributed by atoms with Gasteiger partial charge in [-0.1, -0.05) is 19.1 Å².